The van der Waals surface area contributed by atoms with Crippen LogP contribution in [0.3, 0.4) is 0 Å². The van der Waals surface area contributed by atoms with Gasteiger partial charge in [0.2, 0.25) is 0 Å². The average molecular weight is 542 g/mol. The summed E-state index contributed by atoms with van der Waals surface area (Å²) in [5, 5.41) is 3.91. The summed E-state index contributed by atoms with van der Waals surface area (Å²) in [6.45, 7) is 12.9. The minimum atomic E-state index is -1.21. The predicted molar refractivity (Wildman–Crippen MR) is 168 cm³/mol. The SMILES string of the molecule is CN([C@H](c1ccc(C(C)(C)C)cc1)c1ccccc1P(c1ccccc1)c1ccccc1)S(=O)C(C)(C)C. The van der Waals surface area contributed by atoms with Crippen molar-refractivity contribution in [3.63, 3.8) is 0 Å². The minimum absolute atomic E-state index is 0.0704. The Morgan fingerprint density at radius 3 is 1.61 bits per heavy atom. The van der Waals surface area contributed by atoms with Crippen LogP contribution in [0.2, 0.25) is 0 Å². The quantitative estimate of drug-likeness (QED) is 0.226. The van der Waals surface area contributed by atoms with E-state index < -0.39 is 18.9 Å². The molecule has 1 unspecified atom stereocenters. The lowest BCUT2D eigenvalue weighted by molar-refractivity contribution is 0.441. The van der Waals surface area contributed by atoms with Crippen molar-refractivity contribution < 1.29 is 4.21 Å². The van der Waals surface area contributed by atoms with Gasteiger partial charge in [0.1, 0.15) is 11.0 Å². The Morgan fingerprint density at radius 2 is 1.13 bits per heavy atom. The van der Waals surface area contributed by atoms with Gasteiger partial charge in [-0.2, -0.15) is 0 Å². The van der Waals surface area contributed by atoms with Crippen molar-refractivity contribution in [2.24, 2.45) is 0 Å². The first-order chi connectivity index (χ1) is 18.0. The Kier molecular flexibility index (Phi) is 8.72. The monoisotopic (exact) mass is 541 g/mol. The molecule has 0 aromatic heterocycles. The molecule has 0 fully saturated rings. The van der Waals surface area contributed by atoms with Crippen LogP contribution in [0.25, 0.3) is 0 Å². The van der Waals surface area contributed by atoms with E-state index in [-0.39, 0.29) is 16.2 Å². The summed E-state index contributed by atoms with van der Waals surface area (Å²) in [5.74, 6) is 0. The molecule has 0 aliphatic heterocycles. The zero-order valence-corrected chi connectivity index (χ0v) is 25.4. The Balaban J connectivity index is 1.94. The molecule has 2 nitrogen and oxygen atoms in total. The van der Waals surface area contributed by atoms with Crippen molar-refractivity contribution in [2.45, 2.75) is 57.7 Å². The third-order valence-electron chi connectivity index (χ3n) is 6.74. The molecular weight excluding hydrogens is 501 g/mol. The van der Waals surface area contributed by atoms with Crippen LogP contribution in [0.5, 0.6) is 0 Å². The highest BCUT2D eigenvalue weighted by atomic mass is 32.2. The van der Waals surface area contributed by atoms with Crippen molar-refractivity contribution in [1.29, 1.82) is 0 Å². The first-order valence-electron chi connectivity index (χ1n) is 13.2. The lowest BCUT2D eigenvalue weighted by Gasteiger charge is -2.35. The molecule has 198 valence electrons. The maximum atomic E-state index is 13.8. The molecule has 0 bridgehead atoms. The average Bonchev–Trinajstić information content (AvgIpc) is 2.90. The van der Waals surface area contributed by atoms with Gasteiger partial charge in [0.25, 0.3) is 0 Å². The van der Waals surface area contributed by atoms with Crippen LogP contribution in [-0.4, -0.2) is 20.3 Å². The minimum Gasteiger partial charge on any atom is -0.242 e. The zero-order valence-electron chi connectivity index (χ0n) is 23.7. The van der Waals surface area contributed by atoms with E-state index in [1.165, 1.54) is 27.0 Å². The molecule has 38 heavy (non-hydrogen) atoms. The van der Waals surface area contributed by atoms with Crippen molar-refractivity contribution in [3.05, 3.63) is 126 Å². The summed E-state index contributed by atoms with van der Waals surface area (Å²) in [5.41, 5.74) is 3.72. The topological polar surface area (TPSA) is 20.3 Å². The van der Waals surface area contributed by atoms with Crippen molar-refractivity contribution in [1.82, 2.24) is 4.31 Å². The van der Waals surface area contributed by atoms with E-state index in [4.69, 9.17) is 0 Å². The molecule has 0 aliphatic rings. The fourth-order valence-corrected chi connectivity index (χ4v) is 8.56. The fourth-order valence-electron chi connectivity index (χ4n) is 4.78. The summed E-state index contributed by atoms with van der Waals surface area (Å²) >= 11 is 0. The van der Waals surface area contributed by atoms with Crippen LogP contribution in [0.4, 0.5) is 0 Å². The van der Waals surface area contributed by atoms with Crippen LogP contribution in [-0.2, 0) is 16.4 Å². The van der Waals surface area contributed by atoms with Crippen LogP contribution < -0.4 is 15.9 Å². The summed E-state index contributed by atoms with van der Waals surface area (Å²) in [6.07, 6.45) is 0. The molecule has 4 aromatic carbocycles. The number of hydrogen-bond acceptors (Lipinski definition) is 1. The van der Waals surface area contributed by atoms with Crippen molar-refractivity contribution in [3.8, 4) is 0 Å². The lowest BCUT2D eigenvalue weighted by atomic mass is 9.86. The molecule has 0 aliphatic carbocycles. The number of hydrogen-bond donors (Lipinski definition) is 0. The molecule has 0 N–H and O–H groups in total. The van der Waals surface area contributed by atoms with Crippen LogP contribution in [0.1, 0.15) is 64.3 Å². The Hall–Kier alpha value is -2.58. The van der Waals surface area contributed by atoms with Crippen LogP contribution in [0, 0.1) is 0 Å². The second kappa shape index (κ2) is 11.7. The van der Waals surface area contributed by atoms with Crippen LogP contribution >= 0.6 is 7.92 Å². The third-order valence-corrected chi connectivity index (χ3v) is 11.0. The Labute approximate surface area is 233 Å². The number of nitrogens with zero attached hydrogens (tertiary/aromatic N) is 1. The standard InChI is InChI=1S/C34H40NOPS/c1-33(2,3)27-24-22-26(23-25-27)32(35(7)38(36)34(4,5)6)30-20-14-15-21-31(30)37(28-16-10-8-11-17-28)29-18-12-9-13-19-29/h8-25,32H,1-7H3/t32-,38?/m1/s1. The van der Waals surface area contributed by atoms with Gasteiger partial charge in [-0.3, -0.25) is 0 Å². The number of rotatable bonds is 7. The summed E-state index contributed by atoms with van der Waals surface area (Å²) in [7, 11) is -0.00989. The van der Waals surface area contributed by atoms with Crippen LogP contribution in [0.15, 0.2) is 109 Å². The lowest BCUT2D eigenvalue weighted by Crippen LogP contribution is -2.39. The highest BCUT2D eigenvalue weighted by Crippen LogP contribution is 2.39. The van der Waals surface area contributed by atoms with E-state index in [9.17, 15) is 4.21 Å². The molecule has 4 aromatic rings. The first-order valence-corrected chi connectivity index (χ1v) is 15.7. The highest BCUT2D eigenvalue weighted by Gasteiger charge is 2.33. The van der Waals surface area contributed by atoms with E-state index in [1.54, 1.807) is 0 Å². The molecule has 0 spiro atoms. The largest absolute Gasteiger partial charge is 0.242 e. The molecule has 4 rings (SSSR count). The highest BCUT2D eigenvalue weighted by molar-refractivity contribution is 7.84. The second-order valence-electron chi connectivity index (χ2n) is 11.7. The molecular formula is C34H40NOPS. The van der Waals surface area contributed by atoms with Gasteiger partial charge in [-0.05, 0) is 66.7 Å². The normalized spacial score (nSPS) is 14.0. The van der Waals surface area contributed by atoms with E-state index in [0.29, 0.717) is 0 Å². The van der Waals surface area contributed by atoms with Gasteiger partial charge in [0, 0.05) is 7.05 Å². The second-order valence-corrected chi connectivity index (χ2v) is 16.2. The van der Waals surface area contributed by atoms with Gasteiger partial charge in [0.05, 0.1) is 10.8 Å². The maximum absolute atomic E-state index is 13.8. The van der Waals surface area contributed by atoms with Crippen molar-refractivity contribution in [2.75, 3.05) is 7.05 Å². The Bertz CT molecular complexity index is 1320. The first kappa shape index (κ1) is 28.4. The van der Waals surface area contributed by atoms with E-state index in [2.05, 4.69) is 134 Å². The molecule has 0 saturated heterocycles. The van der Waals surface area contributed by atoms with Gasteiger partial charge in [-0.25, -0.2) is 8.51 Å². The van der Waals surface area contributed by atoms with Gasteiger partial charge in [-0.15, -0.1) is 0 Å². The third kappa shape index (κ3) is 6.34. The maximum Gasteiger partial charge on any atom is 0.100 e. The molecule has 4 heteroatoms. The molecule has 0 radical (unpaired) electrons. The predicted octanol–water partition coefficient (Wildman–Crippen LogP) is 7.23. The summed E-state index contributed by atoms with van der Waals surface area (Å²) < 4.78 is 15.5. The summed E-state index contributed by atoms with van der Waals surface area (Å²) in [4.78, 5) is 0. The molecule has 0 amide bonds. The molecule has 2 atom stereocenters. The smallest absolute Gasteiger partial charge is 0.100 e. The number of benzene rings is 4. The summed E-state index contributed by atoms with van der Waals surface area (Å²) in [6, 6.07) is 39.1. The fraction of sp³-hybridized carbons (Fsp3) is 0.294. The molecule has 0 heterocycles. The van der Waals surface area contributed by atoms with Gasteiger partial charge in [-0.1, -0.05) is 130 Å². The van der Waals surface area contributed by atoms with Gasteiger partial charge >= 0.3 is 0 Å². The van der Waals surface area contributed by atoms with E-state index in [1.807, 2.05) is 27.8 Å². The Morgan fingerprint density at radius 1 is 0.658 bits per heavy atom. The van der Waals surface area contributed by atoms with E-state index in [0.717, 1.165) is 5.56 Å². The zero-order chi connectivity index (χ0) is 27.5. The van der Waals surface area contributed by atoms with Gasteiger partial charge < -0.3 is 0 Å². The molecule has 0 saturated carbocycles. The van der Waals surface area contributed by atoms with Crippen molar-refractivity contribution >= 4 is 34.8 Å². The van der Waals surface area contributed by atoms with E-state index >= 15 is 0 Å². The van der Waals surface area contributed by atoms with Gasteiger partial charge in [0.15, 0.2) is 0 Å².